The number of nitrogens with two attached hydrogens (primary N) is 1. The number of amides is 1. The average molecular weight is 438 g/mol. The molecule has 2 aromatic carbocycles. The molecule has 1 saturated heterocycles. The number of ether oxygens (including phenoxy) is 1. The van der Waals surface area contributed by atoms with Gasteiger partial charge in [0, 0.05) is 42.1 Å². The van der Waals surface area contributed by atoms with Crippen LogP contribution in [0, 0.1) is 0 Å². The molecule has 1 fully saturated rings. The second-order valence-corrected chi connectivity index (χ2v) is 6.08. The van der Waals surface area contributed by atoms with E-state index in [9.17, 15) is 18.0 Å². The van der Waals surface area contributed by atoms with Gasteiger partial charge in [0.1, 0.15) is 5.75 Å². The van der Waals surface area contributed by atoms with Gasteiger partial charge >= 0.3 is 6.36 Å². The first-order valence-corrected chi connectivity index (χ1v) is 8.07. The molecular weight excluding hydrogens is 418 g/mol. The summed E-state index contributed by atoms with van der Waals surface area (Å²) < 4.78 is 41.0. The minimum Gasteiger partial charge on any atom is -0.406 e. The number of rotatable bonds is 4. The Bertz CT molecular complexity index is 806. The SMILES string of the molecule is Cl.Cl.Nc1cccc(C(=O)NC2CCN(c3cccc(OC(F)(F)F)c3)C2)c1. The highest BCUT2D eigenvalue weighted by atomic mass is 35.5. The van der Waals surface area contributed by atoms with Crippen molar-refractivity contribution in [2.24, 2.45) is 0 Å². The van der Waals surface area contributed by atoms with Crippen molar-refractivity contribution in [3.63, 3.8) is 0 Å². The lowest BCUT2D eigenvalue weighted by Gasteiger charge is -2.20. The second kappa shape index (κ2) is 9.75. The van der Waals surface area contributed by atoms with Crippen molar-refractivity contribution < 1.29 is 22.7 Å². The van der Waals surface area contributed by atoms with E-state index in [4.69, 9.17) is 5.73 Å². The Labute approximate surface area is 172 Å². The number of carbonyl (C=O) groups excluding carboxylic acids is 1. The second-order valence-electron chi connectivity index (χ2n) is 6.08. The number of alkyl halides is 3. The molecule has 0 bridgehead atoms. The number of hydrogen-bond donors (Lipinski definition) is 2. The third-order valence-electron chi connectivity index (χ3n) is 4.09. The highest BCUT2D eigenvalue weighted by Gasteiger charge is 2.31. The van der Waals surface area contributed by atoms with Crippen molar-refractivity contribution >= 4 is 42.1 Å². The van der Waals surface area contributed by atoms with Crippen molar-refractivity contribution in [1.82, 2.24) is 5.32 Å². The van der Waals surface area contributed by atoms with Crippen LogP contribution in [0.3, 0.4) is 0 Å². The van der Waals surface area contributed by atoms with Crippen molar-refractivity contribution in [2.75, 3.05) is 23.7 Å². The van der Waals surface area contributed by atoms with E-state index in [-0.39, 0.29) is 42.5 Å². The molecule has 0 radical (unpaired) electrons. The summed E-state index contributed by atoms with van der Waals surface area (Å²) in [6.07, 6.45) is -4.03. The summed E-state index contributed by atoms with van der Waals surface area (Å²) in [5, 5.41) is 2.93. The Morgan fingerprint density at radius 3 is 2.54 bits per heavy atom. The number of anilines is 2. The van der Waals surface area contributed by atoms with E-state index in [0.29, 0.717) is 36.4 Å². The zero-order chi connectivity index (χ0) is 18.7. The van der Waals surface area contributed by atoms with Crippen LogP contribution in [0.15, 0.2) is 48.5 Å². The normalized spacial score (nSPS) is 16.0. The van der Waals surface area contributed by atoms with Crippen molar-refractivity contribution in [1.29, 1.82) is 0 Å². The summed E-state index contributed by atoms with van der Waals surface area (Å²) in [4.78, 5) is 14.2. The minimum atomic E-state index is -4.72. The van der Waals surface area contributed by atoms with E-state index in [0.717, 1.165) is 0 Å². The largest absolute Gasteiger partial charge is 0.573 e. The number of hydrogen-bond acceptors (Lipinski definition) is 4. The molecule has 1 unspecified atom stereocenters. The summed E-state index contributed by atoms with van der Waals surface area (Å²) in [5.74, 6) is -0.486. The van der Waals surface area contributed by atoms with E-state index in [1.807, 2.05) is 4.90 Å². The number of benzene rings is 2. The van der Waals surface area contributed by atoms with Crippen LogP contribution in [-0.4, -0.2) is 31.4 Å². The molecule has 2 aromatic rings. The first kappa shape index (κ1) is 23.7. The van der Waals surface area contributed by atoms with E-state index in [2.05, 4.69) is 10.1 Å². The standard InChI is InChI=1S/C18H18F3N3O2.2ClH/c19-18(20,21)26-16-6-2-5-15(10-16)24-8-7-14(11-24)23-17(25)12-3-1-4-13(22)9-12;;/h1-6,9-10,14H,7-8,11,22H2,(H,23,25);2*1H. The molecule has 28 heavy (non-hydrogen) atoms. The molecule has 10 heteroatoms. The molecule has 0 aliphatic carbocycles. The zero-order valence-electron chi connectivity index (χ0n) is 14.6. The van der Waals surface area contributed by atoms with Gasteiger partial charge in [0.05, 0.1) is 0 Å². The van der Waals surface area contributed by atoms with Gasteiger partial charge in [-0.15, -0.1) is 38.0 Å². The predicted molar refractivity (Wildman–Crippen MR) is 107 cm³/mol. The van der Waals surface area contributed by atoms with E-state index >= 15 is 0 Å². The summed E-state index contributed by atoms with van der Waals surface area (Å²) >= 11 is 0. The van der Waals surface area contributed by atoms with Crippen molar-refractivity contribution in [3.05, 3.63) is 54.1 Å². The molecule has 3 rings (SSSR count). The number of nitrogen functional groups attached to an aromatic ring is 1. The third kappa shape index (κ3) is 6.38. The fraction of sp³-hybridized carbons (Fsp3) is 0.278. The lowest BCUT2D eigenvalue weighted by atomic mass is 10.1. The van der Waals surface area contributed by atoms with Crippen LogP contribution in [0.25, 0.3) is 0 Å². The maximum absolute atomic E-state index is 12.4. The summed E-state index contributed by atoms with van der Waals surface area (Å²) in [6, 6.07) is 12.4. The number of nitrogens with zero attached hydrogens (tertiary/aromatic N) is 1. The molecule has 1 amide bonds. The molecule has 0 aromatic heterocycles. The van der Waals surface area contributed by atoms with Crippen molar-refractivity contribution in [2.45, 2.75) is 18.8 Å². The first-order chi connectivity index (χ1) is 12.3. The van der Waals surface area contributed by atoms with Gasteiger partial charge in [0.25, 0.3) is 5.91 Å². The van der Waals surface area contributed by atoms with Gasteiger partial charge < -0.3 is 20.7 Å². The van der Waals surface area contributed by atoms with Crippen LogP contribution < -0.4 is 20.7 Å². The lowest BCUT2D eigenvalue weighted by Crippen LogP contribution is -2.37. The fourth-order valence-electron chi connectivity index (χ4n) is 2.94. The Balaban J connectivity index is 0.00000196. The van der Waals surface area contributed by atoms with E-state index < -0.39 is 6.36 Å². The fourth-order valence-corrected chi connectivity index (χ4v) is 2.94. The molecule has 5 nitrogen and oxygen atoms in total. The average Bonchev–Trinajstić information content (AvgIpc) is 3.02. The topological polar surface area (TPSA) is 67.6 Å². The van der Waals surface area contributed by atoms with E-state index in [1.54, 1.807) is 30.3 Å². The molecule has 1 atom stereocenters. The van der Waals surface area contributed by atoms with Crippen LogP contribution in [0.5, 0.6) is 5.75 Å². The summed E-state index contributed by atoms with van der Waals surface area (Å²) in [6.45, 7) is 1.13. The molecular formula is C18H20Cl2F3N3O2. The van der Waals surface area contributed by atoms with Gasteiger partial charge in [-0.25, -0.2) is 0 Å². The Morgan fingerprint density at radius 2 is 1.86 bits per heavy atom. The minimum absolute atomic E-state index is 0. The summed E-state index contributed by atoms with van der Waals surface area (Å²) in [5.41, 5.74) is 7.28. The number of halogens is 5. The van der Waals surface area contributed by atoms with Crippen LogP contribution in [-0.2, 0) is 0 Å². The van der Waals surface area contributed by atoms with Gasteiger partial charge in [0.15, 0.2) is 0 Å². The Morgan fingerprint density at radius 1 is 1.14 bits per heavy atom. The van der Waals surface area contributed by atoms with Gasteiger partial charge in [-0.05, 0) is 36.8 Å². The quantitative estimate of drug-likeness (QED) is 0.708. The first-order valence-electron chi connectivity index (χ1n) is 8.07. The highest BCUT2D eigenvalue weighted by molar-refractivity contribution is 5.95. The van der Waals surface area contributed by atoms with Crippen LogP contribution in [0.1, 0.15) is 16.8 Å². The molecule has 0 spiro atoms. The van der Waals surface area contributed by atoms with Gasteiger partial charge in [0.2, 0.25) is 0 Å². The molecule has 1 aliphatic heterocycles. The lowest BCUT2D eigenvalue weighted by molar-refractivity contribution is -0.274. The molecule has 1 aliphatic rings. The molecule has 3 N–H and O–H groups in total. The Kier molecular flexibility index (Phi) is 8.26. The molecule has 154 valence electrons. The number of carbonyl (C=O) groups is 1. The zero-order valence-corrected chi connectivity index (χ0v) is 16.2. The maximum atomic E-state index is 12.4. The third-order valence-corrected chi connectivity index (χ3v) is 4.09. The van der Waals surface area contributed by atoms with Crippen LogP contribution in [0.2, 0.25) is 0 Å². The maximum Gasteiger partial charge on any atom is 0.573 e. The van der Waals surface area contributed by atoms with E-state index in [1.165, 1.54) is 18.2 Å². The summed E-state index contributed by atoms with van der Waals surface area (Å²) in [7, 11) is 0. The molecule has 1 heterocycles. The predicted octanol–water partition coefficient (Wildman–Crippen LogP) is 4.02. The monoisotopic (exact) mass is 437 g/mol. The smallest absolute Gasteiger partial charge is 0.406 e. The van der Waals surface area contributed by atoms with Crippen LogP contribution >= 0.6 is 24.8 Å². The van der Waals surface area contributed by atoms with Gasteiger partial charge in [-0.2, -0.15) is 0 Å². The Hall–Kier alpha value is -2.32. The molecule has 0 saturated carbocycles. The van der Waals surface area contributed by atoms with Gasteiger partial charge in [-0.3, -0.25) is 4.79 Å². The number of nitrogens with one attached hydrogen (secondary N) is 1. The highest BCUT2D eigenvalue weighted by Crippen LogP contribution is 2.28. The van der Waals surface area contributed by atoms with Gasteiger partial charge in [-0.1, -0.05) is 12.1 Å². The van der Waals surface area contributed by atoms with Crippen molar-refractivity contribution in [3.8, 4) is 5.75 Å². The van der Waals surface area contributed by atoms with Crippen LogP contribution in [0.4, 0.5) is 24.5 Å².